The number of thiocarbonyl (C=S) groups is 2. The molecule has 0 aromatic carbocycles. The molecule has 16 heavy (non-hydrogen) atoms. The Morgan fingerprint density at radius 1 is 0.875 bits per heavy atom. The van der Waals surface area contributed by atoms with Crippen LogP contribution in [0, 0.1) is 0 Å². The molecule has 0 rings (SSSR count). The van der Waals surface area contributed by atoms with Crippen LogP contribution in [0.3, 0.4) is 0 Å². The maximum Gasteiger partial charge on any atom is 0.132 e. The summed E-state index contributed by atoms with van der Waals surface area (Å²) in [5.41, 5.74) is 9.81. The van der Waals surface area contributed by atoms with E-state index in [-0.39, 0.29) is 0 Å². The summed E-state index contributed by atoms with van der Waals surface area (Å²) in [5, 5.41) is 0. The molecule has 98 valence electrons. The van der Waals surface area contributed by atoms with Gasteiger partial charge in [-0.1, -0.05) is 24.4 Å². The normalized spacial score (nSPS) is 7.75. The molecule has 0 heterocycles. The van der Waals surface area contributed by atoms with E-state index in [1.165, 1.54) is 0 Å². The first-order valence-electron chi connectivity index (χ1n) is 4.41. The first-order valence-corrected chi connectivity index (χ1v) is 6.12. The Balaban J connectivity index is -0.000000162. The largest absolute Gasteiger partial charge is 0.364 e. The maximum atomic E-state index is 4.90. The van der Waals surface area contributed by atoms with E-state index in [9.17, 15) is 0 Å². The van der Waals surface area contributed by atoms with Crippen molar-refractivity contribution in [2.75, 3.05) is 41.3 Å². The highest BCUT2D eigenvalue weighted by atomic mass is 32.1. The zero-order valence-electron chi connectivity index (χ0n) is 10.2. The van der Waals surface area contributed by atoms with Gasteiger partial charge in [0.05, 0.1) is 0 Å². The quantitative estimate of drug-likeness (QED) is 0.416. The Labute approximate surface area is 121 Å². The second kappa shape index (κ2) is 15.4. The van der Waals surface area contributed by atoms with E-state index in [4.69, 9.17) is 11.5 Å². The van der Waals surface area contributed by atoms with Gasteiger partial charge in [-0.05, 0) is 0 Å². The Morgan fingerprint density at radius 2 is 1.00 bits per heavy atom. The third kappa shape index (κ3) is 29.3. The molecule has 0 aliphatic rings. The van der Waals surface area contributed by atoms with Crippen molar-refractivity contribution in [3.05, 3.63) is 0 Å². The van der Waals surface area contributed by atoms with E-state index in [0.29, 0.717) is 21.7 Å². The van der Waals surface area contributed by atoms with Gasteiger partial charge in [0.2, 0.25) is 0 Å². The smallest absolute Gasteiger partial charge is 0.132 e. The van der Waals surface area contributed by atoms with Crippen LogP contribution in [0.1, 0.15) is 0 Å². The lowest BCUT2D eigenvalue weighted by Crippen LogP contribution is -2.12. The molecule has 0 aliphatic carbocycles. The van der Waals surface area contributed by atoms with Gasteiger partial charge < -0.3 is 21.3 Å². The van der Waals surface area contributed by atoms with Crippen LogP contribution in [0.2, 0.25) is 0 Å². The standard InChI is InChI=1S/2C3H7NS2.C2H8N2/c2*1-4(2)3(5)6;3-1-2-4/h2*1-2H3,(H,5,6);1-4H2. The molecule has 0 atom stereocenters. The predicted octanol–water partition coefficient (Wildman–Crippen LogP) is 0.429. The fraction of sp³-hybridized carbons (Fsp3) is 0.750. The number of thiol groups is 2. The van der Waals surface area contributed by atoms with Crippen molar-refractivity contribution >= 4 is 58.3 Å². The summed E-state index contributed by atoms with van der Waals surface area (Å²) in [7, 11) is 7.43. The number of hydrogen-bond donors (Lipinski definition) is 4. The monoisotopic (exact) mass is 302 g/mol. The first-order chi connectivity index (χ1) is 7.20. The zero-order valence-corrected chi connectivity index (χ0v) is 13.6. The number of nitrogens with zero attached hydrogens (tertiary/aromatic N) is 2. The molecular formula is C8H22N4S4. The molecule has 0 bridgehead atoms. The van der Waals surface area contributed by atoms with Crippen LogP contribution in [0.5, 0.6) is 0 Å². The summed E-state index contributed by atoms with van der Waals surface area (Å²) in [6, 6.07) is 0. The molecule has 0 aromatic rings. The maximum absolute atomic E-state index is 4.90. The topological polar surface area (TPSA) is 58.5 Å². The van der Waals surface area contributed by atoms with Crippen LogP contribution < -0.4 is 11.5 Å². The van der Waals surface area contributed by atoms with Gasteiger partial charge in [0.15, 0.2) is 0 Å². The molecule has 0 saturated carbocycles. The van der Waals surface area contributed by atoms with Gasteiger partial charge in [0.25, 0.3) is 0 Å². The third-order valence-corrected chi connectivity index (χ3v) is 2.46. The van der Waals surface area contributed by atoms with Crippen LogP contribution in [-0.2, 0) is 0 Å². The van der Waals surface area contributed by atoms with Crippen molar-refractivity contribution in [2.24, 2.45) is 11.5 Å². The van der Waals surface area contributed by atoms with Crippen molar-refractivity contribution < 1.29 is 0 Å². The molecule has 0 amide bonds. The molecule has 0 spiro atoms. The molecule has 8 heteroatoms. The zero-order chi connectivity index (χ0) is 13.7. The van der Waals surface area contributed by atoms with E-state index in [2.05, 4.69) is 49.7 Å². The Kier molecular flexibility index (Phi) is 20.8. The van der Waals surface area contributed by atoms with E-state index in [1.54, 1.807) is 9.80 Å². The van der Waals surface area contributed by atoms with Gasteiger partial charge in [-0.2, -0.15) is 0 Å². The minimum atomic E-state index is 0.597. The Bertz CT molecular complexity index is 165. The van der Waals surface area contributed by atoms with E-state index in [0.717, 1.165) is 0 Å². The summed E-state index contributed by atoms with van der Waals surface area (Å²) < 4.78 is 1.24. The summed E-state index contributed by atoms with van der Waals surface area (Å²) in [4.78, 5) is 3.52. The minimum Gasteiger partial charge on any atom is -0.364 e. The average molecular weight is 303 g/mol. The van der Waals surface area contributed by atoms with Crippen LogP contribution in [0.15, 0.2) is 0 Å². The Hall–Kier alpha value is 0.400. The summed E-state index contributed by atoms with van der Waals surface area (Å²) in [6.07, 6.45) is 0. The lowest BCUT2D eigenvalue weighted by molar-refractivity contribution is 0.648. The molecule has 0 saturated heterocycles. The summed E-state index contributed by atoms with van der Waals surface area (Å²) in [6.45, 7) is 1.19. The van der Waals surface area contributed by atoms with E-state index in [1.807, 2.05) is 28.2 Å². The molecule has 0 aromatic heterocycles. The fourth-order valence-corrected chi connectivity index (χ4v) is 0. The second-order valence-corrected chi connectivity index (χ2v) is 5.16. The van der Waals surface area contributed by atoms with Gasteiger partial charge in [-0.15, -0.1) is 25.3 Å². The van der Waals surface area contributed by atoms with Crippen molar-refractivity contribution in [3.63, 3.8) is 0 Å². The molecule has 0 fully saturated rings. The number of rotatable bonds is 1. The van der Waals surface area contributed by atoms with Gasteiger partial charge in [0.1, 0.15) is 8.64 Å². The molecule has 4 N–H and O–H groups in total. The van der Waals surface area contributed by atoms with Crippen molar-refractivity contribution in [1.29, 1.82) is 0 Å². The van der Waals surface area contributed by atoms with Crippen molar-refractivity contribution in [2.45, 2.75) is 0 Å². The minimum absolute atomic E-state index is 0.597. The lowest BCUT2D eigenvalue weighted by Gasteiger charge is -2.05. The molecule has 0 unspecified atom stereocenters. The van der Waals surface area contributed by atoms with Crippen molar-refractivity contribution in [1.82, 2.24) is 9.80 Å². The van der Waals surface area contributed by atoms with E-state index >= 15 is 0 Å². The summed E-state index contributed by atoms with van der Waals surface area (Å²) >= 11 is 16.9. The highest BCUT2D eigenvalue weighted by molar-refractivity contribution is 8.11. The molecule has 4 nitrogen and oxygen atoms in total. The second-order valence-electron chi connectivity index (χ2n) is 2.93. The number of hydrogen-bond acceptors (Lipinski definition) is 4. The van der Waals surface area contributed by atoms with Crippen LogP contribution in [0.25, 0.3) is 0 Å². The lowest BCUT2D eigenvalue weighted by atomic mass is 10.7. The van der Waals surface area contributed by atoms with Crippen LogP contribution >= 0.6 is 49.7 Å². The number of nitrogens with two attached hydrogens (primary N) is 2. The highest BCUT2D eigenvalue weighted by Crippen LogP contribution is 1.84. The molecule has 0 radical (unpaired) electrons. The van der Waals surface area contributed by atoms with Gasteiger partial charge in [0, 0.05) is 41.3 Å². The Morgan fingerprint density at radius 3 is 1.00 bits per heavy atom. The SMILES string of the molecule is CN(C)C(=S)S.CN(C)C(=S)S.NCCN. The van der Waals surface area contributed by atoms with Gasteiger partial charge >= 0.3 is 0 Å². The van der Waals surface area contributed by atoms with Crippen LogP contribution in [0.4, 0.5) is 0 Å². The van der Waals surface area contributed by atoms with Crippen molar-refractivity contribution in [3.8, 4) is 0 Å². The third-order valence-electron chi connectivity index (χ3n) is 0.932. The molecular weight excluding hydrogens is 280 g/mol. The van der Waals surface area contributed by atoms with Crippen LogP contribution in [-0.4, -0.2) is 59.7 Å². The first kappa shape index (κ1) is 21.7. The molecule has 0 aliphatic heterocycles. The fourth-order valence-electron chi connectivity index (χ4n) is 0. The predicted molar refractivity (Wildman–Crippen MR) is 88.7 cm³/mol. The summed E-state index contributed by atoms with van der Waals surface area (Å²) in [5.74, 6) is 0. The van der Waals surface area contributed by atoms with E-state index < -0.39 is 0 Å². The van der Waals surface area contributed by atoms with Gasteiger partial charge in [-0.25, -0.2) is 0 Å². The average Bonchev–Trinajstić information content (AvgIpc) is 2.18. The highest BCUT2D eigenvalue weighted by Gasteiger charge is 1.84. The van der Waals surface area contributed by atoms with Gasteiger partial charge in [-0.3, -0.25) is 0 Å².